The molecule has 0 fully saturated rings. The first-order chi connectivity index (χ1) is 13.0. The third-order valence-electron chi connectivity index (χ3n) is 4.18. The molecule has 1 N–H and O–H groups in total. The maximum Gasteiger partial charge on any atom is 0.416 e. The fourth-order valence-corrected chi connectivity index (χ4v) is 2.60. The van der Waals surface area contributed by atoms with E-state index in [0.717, 1.165) is 18.2 Å². The topological polar surface area (TPSA) is 75.5 Å². The first-order valence-corrected chi connectivity index (χ1v) is 8.48. The minimum Gasteiger partial charge on any atom is -0.323 e. The average Bonchev–Trinajstić information content (AvgIpc) is 2.62. The van der Waals surface area contributed by atoms with Gasteiger partial charge in [0.05, 0.1) is 27.2 Å². The number of halogens is 4. The van der Waals surface area contributed by atoms with Gasteiger partial charge in [0, 0.05) is 18.7 Å². The SMILES string of the molecule is CC(C(=O)Nc1ccc([N+](=O)[O-])cc1Cl)N(C)Cc1ccc(C(F)(F)F)cc1. The summed E-state index contributed by atoms with van der Waals surface area (Å²) in [6.07, 6.45) is -4.40. The molecule has 0 radical (unpaired) electrons. The number of alkyl halides is 3. The van der Waals surface area contributed by atoms with Crippen molar-refractivity contribution in [1.82, 2.24) is 4.90 Å². The molecule has 1 unspecified atom stereocenters. The molecular weight excluding hydrogens is 399 g/mol. The van der Waals surface area contributed by atoms with E-state index in [1.54, 1.807) is 18.9 Å². The van der Waals surface area contributed by atoms with Crippen LogP contribution in [-0.2, 0) is 17.5 Å². The second-order valence-electron chi connectivity index (χ2n) is 6.20. The number of nitrogens with zero attached hydrogens (tertiary/aromatic N) is 2. The number of hydrogen-bond acceptors (Lipinski definition) is 4. The van der Waals surface area contributed by atoms with Crippen LogP contribution in [0.25, 0.3) is 0 Å². The van der Waals surface area contributed by atoms with Crippen LogP contribution in [0.3, 0.4) is 0 Å². The van der Waals surface area contributed by atoms with E-state index in [2.05, 4.69) is 5.32 Å². The molecule has 0 aliphatic rings. The number of nitro groups is 1. The number of benzene rings is 2. The quantitative estimate of drug-likeness (QED) is 0.547. The van der Waals surface area contributed by atoms with Gasteiger partial charge in [0.2, 0.25) is 5.91 Å². The third-order valence-corrected chi connectivity index (χ3v) is 4.49. The number of carbonyl (C=O) groups excluding carboxylic acids is 1. The van der Waals surface area contributed by atoms with E-state index in [4.69, 9.17) is 11.6 Å². The van der Waals surface area contributed by atoms with Crippen LogP contribution in [0.1, 0.15) is 18.1 Å². The highest BCUT2D eigenvalue weighted by molar-refractivity contribution is 6.34. The molecule has 1 amide bonds. The molecule has 0 aromatic heterocycles. The van der Waals surface area contributed by atoms with Crippen molar-refractivity contribution in [3.05, 3.63) is 68.7 Å². The Bertz CT molecular complexity index is 873. The van der Waals surface area contributed by atoms with Gasteiger partial charge in [0.15, 0.2) is 0 Å². The summed E-state index contributed by atoms with van der Waals surface area (Å²) >= 11 is 5.96. The Kier molecular flexibility index (Phi) is 6.63. The highest BCUT2D eigenvalue weighted by Crippen LogP contribution is 2.29. The molecule has 0 spiro atoms. The van der Waals surface area contributed by atoms with Crippen LogP contribution in [0, 0.1) is 10.1 Å². The van der Waals surface area contributed by atoms with Gasteiger partial charge in [0.1, 0.15) is 0 Å². The van der Waals surface area contributed by atoms with Crippen LogP contribution in [0.4, 0.5) is 24.5 Å². The van der Waals surface area contributed by atoms with Gasteiger partial charge in [-0.2, -0.15) is 13.2 Å². The molecule has 10 heteroatoms. The average molecular weight is 416 g/mol. The lowest BCUT2D eigenvalue weighted by molar-refractivity contribution is -0.384. The maximum absolute atomic E-state index is 12.6. The van der Waals surface area contributed by atoms with E-state index in [1.807, 2.05) is 0 Å². The Labute approximate surface area is 164 Å². The molecule has 0 heterocycles. The highest BCUT2D eigenvalue weighted by Gasteiger charge is 2.30. The molecule has 0 saturated heterocycles. The Morgan fingerprint density at radius 1 is 1.25 bits per heavy atom. The van der Waals surface area contributed by atoms with Crippen molar-refractivity contribution in [3.63, 3.8) is 0 Å². The number of anilines is 1. The van der Waals surface area contributed by atoms with Crippen LogP contribution < -0.4 is 5.32 Å². The van der Waals surface area contributed by atoms with Crippen LogP contribution in [0.2, 0.25) is 5.02 Å². The largest absolute Gasteiger partial charge is 0.416 e. The first kappa shape index (κ1) is 21.6. The van der Waals surface area contributed by atoms with E-state index >= 15 is 0 Å². The van der Waals surface area contributed by atoms with Gasteiger partial charge < -0.3 is 5.32 Å². The number of hydrogen-bond donors (Lipinski definition) is 1. The molecule has 1 atom stereocenters. The Balaban J connectivity index is 2.01. The van der Waals surface area contributed by atoms with Crippen molar-refractivity contribution in [2.45, 2.75) is 25.7 Å². The third kappa shape index (κ3) is 5.43. The number of likely N-dealkylation sites (N-methyl/N-ethyl adjacent to an activating group) is 1. The molecule has 0 bridgehead atoms. The lowest BCUT2D eigenvalue weighted by atomic mass is 10.1. The Morgan fingerprint density at radius 2 is 1.86 bits per heavy atom. The van der Waals surface area contributed by atoms with Crippen LogP contribution in [-0.4, -0.2) is 28.8 Å². The first-order valence-electron chi connectivity index (χ1n) is 8.10. The van der Waals surface area contributed by atoms with Crippen LogP contribution in [0.15, 0.2) is 42.5 Å². The minimum absolute atomic E-state index is 0.0279. The summed E-state index contributed by atoms with van der Waals surface area (Å²) in [5.41, 5.74) is -0.0939. The number of non-ortho nitro benzene ring substituents is 1. The van der Waals surface area contributed by atoms with E-state index in [1.165, 1.54) is 24.3 Å². The molecule has 0 aliphatic carbocycles. The normalized spacial score (nSPS) is 12.7. The molecule has 2 rings (SSSR count). The van der Waals surface area contributed by atoms with E-state index < -0.39 is 28.6 Å². The van der Waals surface area contributed by atoms with Crippen molar-refractivity contribution >= 4 is 28.9 Å². The zero-order valence-corrected chi connectivity index (χ0v) is 15.7. The molecular formula is C18H17ClF3N3O3. The van der Waals surface area contributed by atoms with Crippen molar-refractivity contribution in [2.24, 2.45) is 0 Å². The van der Waals surface area contributed by atoms with E-state index in [9.17, 15) is 28.1 Å². The summed E-state index contributed by atoms with van der Waals surface area (Å²) in [6, 6.07) is 7.75. The smallest absolute Gasteiger partial charge is 0.323 e. The second-order valence-corrected chi connectivity index (χ2v) is 6.60. The molecule has 0 aliphatic heterocycles. The Hall–Kier alpha value is -2.65. The highest BCUT2D eigenvalue weighted by atomic mass is 35.5. The predicted molar refractivity (Wildman–Crippen MR) is 99.1 cm³/mol. The van der Waals surface area contributed by atoms with Crippen molar-refractivity contribution in [2.75, 3.05) is 12.4 Å². The molecule has 6 nitrogen and oxygen atoms in total. The van der Waals surface area contributed by atoms with Gasteiger partial charge in [-0.1, -0.05) is 23.7 Å². The summed E-state index contributed by atoms with van der Waals surface area (Å²) in [7, 11) is 1.65. The van der Waals surface area contributed by atoms with Crippen molar-refractivity contribution < 1.29 is 22.9 Å². The van der Waals surface area contributed by atoms with Gasteiger partial charge >= 0.3 is 6.18 Å². The summed E-state index contributed by atoms with van der Waals surface area (Å²) < 4.78 is 37.8. The summed E-state index contributed by atoms with van der Waals surface area (Å²) in [5.74, 6) is -0.412. The predicted octanol–water partition coefficient (Wildman–Crippen LogP) is 4.73. The van der Waals surface area contributed by atoms with Crippen LogP contribution in [0.5, 0.6) is 0 Å². The fourth-order valence-electron chi connectivity index (χ4n) is 2.38. The lowest BCUT2D eigenvalue weighted by Gasteiger charge is -2.24. The Morgan fingerprint density at radius 3 is 2.36 bits per heavy atom. The summed E-state index contributed by atoms with van der Waals surface area (Å²) in [5, 5.41) is 13.3. The number of nitro benzene ring substituents is 1. The van der Waals surface area contributed by atoms with Gasteiger partial charge in [-0.05, 0) is 37.7 Å². The van der Waals surface area contributed by atoms with Gasteiger partial charge in [-0.25, -0.2) is 0 Å². The number of amides is 1. The van der Waals surface area contributed by atoms with E-state index in [-0.39, 0.29) is 22.9 Å². The van der Waals surface area contributed by atoms with Crippen LogP contribution >= 0.6 is 11.6 Å². The number of rotatable bonds is 6. The zero-order valence-electron chi connectivity index (χ0n) is 15.0. The summed E-state index contributed by atoms with van der Waals surface area (Å²) in [6.45, 7) is 1.87. The lowest BCUT2D eigenvalue weighted by Crippen LogP contribution is -2.39. The maximum atomic E-state index is 12.6. The molecule has 0 saturated carbocycles. The van der Waals surface area contributed by atoms with E-state index in [0.29, 0.717) is 5.56 Å². The zero-order chi connectivity index (χ0) is 21.1. The van der Waals surface area contributed by atoms with Gasteiger partial charge in [-0.15, -0.1) is 0 Å². The fraction of sp³-hybridized carbons (Fsp3) is 0.278. The molecule has 150 valence electrons. The standard InChI is InChI=1S/C18H17ClF3N3O3/c1-11(17(26)23-16-8-7-14(25(27)28)9-15(16)19)24(2)10-12-3-5-13(6-4-12)18(20,21)22/h3-9,11H,10H2,1-2H3,(H,23,26). The van der Waals surface area contributed by atoms with Crippen molar-refractivity contribution in [1.29, 1.82) is 0 Å². The molecule has 28 heavy (non-hydrogen) atoms. The number of carbonyl (C=O) groups is 1. The monoisotopic (exact) mass is 415 g/mol. The van der Waals surface area contributed by atoms with Gasteiger partial charge in [0.25, 0.3) is 5.69 Å². The molecule has 2 aromatic carbocycles. The minimum atomic E-state index is -4.40. The van der Waals surface area contributed by atoms with Crippen molar-refractivity contribution in [3.8, 4) is 0 Å². The van der Waals surface area contributed by atoms with Gasteiger partial charge in [-0.3, -0.25) is 19.8 Å². The summed E-state index contributed by atoms with van der Waals surface area (Å²) in [4.78, 5) is 24.2. The second kappa shape index (κ2) is 8.57. The molecule has 2 aromatic rings. The number of nitrogens with one attached hydrogen (secondary N) is 1.